The minimum Gasteiger partial charge on any atom is -0.322 e. The maximum Gasteiger partial charge on any atom is 0.258 e. The van der Waals surface area contributed by atoms with Crippen LogP contribution in [-0.2, 0) is 6.54 Å². The minimum atomic E-state index is -0.144. The maximum absolute atomic E-state index is 12.3. The van der Waals surface area contributed by atoms with Crippen molar-refractivity contribution in [2.24, 2.45) is 0 Å². The topological polar surface area (TPSA) is 46.9 Å². The van der Waals surface area contributed by atoms with Gasteiger partial charge in [-0.1, -0.05) is 36.4 Å². The van der Waals surface area contributed by atoms with Gasteiger partial charge in [0.05, 0.1) is 18.3 Å². The van der Waals surface area contributed by atoms with Gasteiger partial charge in [-0.3, -0.25) is 9.48 Å². The van der Waals surface area contributed by atoms with Gasteiger partial charge in [0, 0.05) is 11.9 Å². The van der Waals surface area contributed by atoms with Gasteiger partial charge in [-0.15, -0.1) is 0 Å². The zero-order valence-electron chi connectivity index (χ0n) is 13.3. The van der Waals surface area contributed by atoms with E-state index in [1.807, 2.05) is 56.3 Å². The highest BCUT2D eigenvalue weighted by atomic mass is 16.1. The predicted molar refractivity (Wildman–Crippen MR) is 91.6 cm³/mol. The SMILES string of the molecule is Cc1cc(C)cc(NC(=O)c2cnn(Cc3ccccc3)c2)c1. The second-order valence-electron chi connectivity index (χ2n) is 5.74. The molecule has 23 heavy (non-hydrogen) atoms. The van der Waals surface area contributed by atoms with Crippen molar-refractivity contribution in [2.45, 2.75) is 20.4 Å². The molecule has 1 amide bonds. The summed E-state index contributed by atoms with van der Waals surface area (Å²) in [5.41, 5.74) is 4.76. The van der Waals surface area contributed by atoms with Crippen molar-refractivity contribution in [2.75, 3.05) is 5.32 Å². The molecule has 0 saturated heterocycles. The van der Waals surface area contributed by atoms with Crippen LogP contribution in [-0.4, -0.2) is 15.7 Å². The predicted octanol–water partition coefficient (Wildman–Crippen LogP) is 3.80. The second-order valence-corrected chi connectivity index (χ2v) is 5.74. The lowest BCUT2D eigenvalue weighted by molar-refractivity contribution is 0.102. The third kappa shape index (κ3) is 3.86. The molecule has 0 fully saturated rings. The van der Waals surface area contributed by atoms with E-state index in [4.69, 9.17) is 0 Å². The molecule has 3 rings (SSSR count). The second kappa shape index (κ2) is 6.48. The van der Waals surface area contributed by atoms with Gasteiger partial charge in [-0.05, 0) is 42.7 Å². The highest BCUT2D eigenvalue weighted by Crippen LogP contribution is 2.15. The first kappa shape index (κ1) is 15.0. The summed E-state index contributed by atoms with van der Waals surface area (Å²) in [5, 5.41) is 7.19. The maximum atomic E-state index is 12.3. The molecule has 0 aliphatic rings. The molecule has 4 heteroatoms. The number of hydrogen-bond donors (Lipinski definition) is 1. The summed E-state index contributed by atoms with van der Waals surface area (Å²) in [5.74, 6) is -0.144. The average molecular weight is 305 g/mol. The molecule has 1 heterocycles. The molecule has 0 aliphatic heterocycles. The molecule has 0 aliphatic carbocycles. The number of anilines is 1. The lowest BCUT2D eigenvalue weighted by Crippen LogP contribution is -2.11. The first-order valence-corrected chi connectivity index (χ1v) is 7.56. The van der Waals surface area contributed by atoms with Crippen LogP contribution in [0.15, 0.2) is 60.9 Å². The normalized spacial score (nSPS) is 10.5. The standard InChI is InChI=1S/C19H19N3O/c1-14-8-15(2)10-18(9-14)21-19(23)17-11-20-22(13-17)12-16-6-4-3-5-7-16/h3-11,13H,12H2,1-2H3,(H,21,23). The Morgan fingerprint density at radius 2 is 1.78 bits per heavy atom. The molecule has 116 valence electrons. The molecule has 0 unspecified atom stereocenters. The molecule has 0 atom stereocenters. The largest absolute Gasteiger partial charge is 0.322 e. The van der Waals surface area contributed by atoms with Gasteiger partial charge >= 0.3 is 0 Å². The van der Waals surface area contributed by atoms with E-state index in [1.165, 1.54) is 0 Å². The molecule has 4 nitrogen and oxygen atoms in total. The van der Waals surface area contributed by atoms with E-state index in [0.717, 1.165) is 22.4 Å². The fourth-order valence-electron chi connectivity index (χ4n) is 2.59. The Bertz CT molecular complexity index is 801. The van der Waals surface area contributed by atoms with Crippen molar-refractivity contribution in [1.82, 2.24) is 9.78 Å². The van der Waals surface area contributed by atoms with E-state index in [9.17, 15) is 4.79 Å². The number of benzene rings is 2. The van der Waals surface area contributed by atoms with E-state index in [0.29, 0.717) is 12.1 Å². The van der Waals surface area contributed by atoms with Crippen LogP contribution in [0.2, 0.25) is 0 Å². The van der Waals surface area contributed by atoms with Crippen LogP contribution in [0.5, 0.6) is 0 Å². The number of carbonyl (C=O) groups excluding carboxylic acids is 1. The number of rotatable bonds is 4. The third-order valence-electron chi connectivity index (χ3n) is 3.56. The summed E-state index contributed by atoms with van der Waals surface area (Å²) in [4.78, 5) is 12.3. The van der Waals surface area contributed by atoms with E-state index >= 15 is 0 Å². The summed E-state index contributed by atoms with van der Waals surface area (Å²) >= 11 is 0. The van der Waals surface area contributed by atoms with Crippen LogP contribution in [0.25, 0.3) is 0 Å². The van der Waals surface area contributed by atoms with Crippen LogP contribution in [0.1, 0.15) is 27.0 Å². The number of aromatic nitrogens is 2. The molecule has 1 N–H and O–H groups in total. The Morgan fingerprint density at radius 1 is 1.09 bits per heavy atom. The quantitative estimate of drug-likeness (QED) is 0.797. The molecule has 0 saturated carbocycles. The Hall–Kier alpha value is -2.88. The van der Waals surface area contributed by atoms with E-state index in [-0.39, 0.29) is 5.91 Å². The van der Waals surface area contributed by atoms with Gasteiger partial charge in [0.15, 0.2) is 0 Å². The van der Waals surface area contributed by atoms with Gasteiger partial charge in [0.2, 0.25) is 0 Å². The number of amides is 1. The lowest BCUT2D eigenvalue weighted by atomic mass is 10.1. The number of aryl methyl sites for hydroxylation is 2. The highest BCUT2D eigenvalue weighted by molar-refractivity contribution is 6.04. The van der Waals surface area contributed by atoms with E-state index in [1.54, 1.807) is 17.1 Å². The molecule has 0 radical (unpaired) electrons. The van der Waals surface area contributed by atoms with Gasteiger partial charge < -0.3 is 5.32 Å². The summed E-state index contributed by atoms with van der Waals surface area (Å²) < 4.78 is 1.77. The molecule has 0 spiro atoms. The van der Waals surface area contributed by atoms with Gasteiger partial charge in [0.25, 0.3) is 5.91 Å². The first-order chi connectivity index (χ1) is 11.1. The summed E-state index contributed by atoms with van der Waals surface area (Å²) in [6.07, 6.45) is 3.37. The Kier molecular flexibility index (Phi) is 4.24. The van der Waals surface area contributed by atoms with Crippen LogP contribution in [0.3, 0.4) is 0 Å². The highest BCUT2D eigenvalue weighted by Gasteiger charge is 2.09. The Labute approximate surface area is 135 Å². The average Bonchev–Trinajstić information content (AvgIpc) is 2.96. The number of nitrogens with one attached hydrogen (secondary N) is 1. The van der Waals surface area contributed by atoms with Gasteiger partial charge in [-0.2, -0.15) is 5.10 Å². The molecule has 3 aromatic rings. The van der Waals surface area contributed by atoms with Crippen molar-refractivity contribution < 1.29 is 4.79 Å². The van der Waals surface area contributed by atoms with Crippen molar-refractivity contribution in [3.8, 4) is 0 Å². The van der Waals surface area contributed by atoms with Crippen molar-refractivity contribution in [3.63, 3.8) is 0 Å². The van der Waals surface area contributed by atoms with Gasteiger partial charge in [0.1, 0.15) is 0 Å². The fraction of sp³-hybridized carbons (Fsp3) is 0.158. The van der Waals surface area contributed by atoms with Crippen LogP contribution >= 0.6 is 0 Å². The van der Waals surface area contributed by atoms with Crippen molar-refractivity contribution in [1.29, 1.82) is 0 Å². The summed E-state index contributed by atoms with van der Waals surface area (Å²) in [6.45, 7) is 4.68. The Morgan fingerprint density at radius 3 is 2.48 bits per heavy atom. The van der Waals surface area contributed by atoms with Gasteiger partial charge in [-0.25, -0.2) is 0 Å². The summed E-state index contributed by atoms with van der Waals surface area (Å²) in [7, 11) is 0. The van der Waals surface area contributed by atoms with E-state index < -0.39 is 0 Å². The molecule has 1 aromatic heterocycles. The van der Waals surface area contributed by atoms with E-state index in [2.05, 4.69) is 16.5 Å². The van der Waals surface area contributed by atoms with Crippen LogP contribution in [0, 0.1) is 13.8 Å². The lowest BCUT2D eigenvalue weighted by Gasteiger charge is -2.06. The number of nitrogens with zero attached hydrogens (tertiary/aromatic N) is 2. The molecular formula is C19H19N3O. The zero-order chi connectivity index (χ0) is 16.2. The molecular weight excluding hydrogens is 286 g/mol. The van der Waals surface area contributed by atoms with Crippen molar-refractivity contribution in [3.05, 3.63) is 83.2 Å². The minimum absolute atomic E-state index is 0.144. The molecule has 2 aromatic carbocycles. The van der Waals surface area contributed by atoms with Crippen LogP contribution < -0.4 is 5.32 Å². The smallest absolute Gasteiger partial charge is 0.258 e. The monoisotopic (exact) mass is 305 g/mol. The zero-order valence-corrected chi connectivity index (χ0v) is 13.3. The fourth-order valence-corrected chi connectivity index (χ4v) is 2.59. The number of hydrogen-bond acceptors (Lipinski definition) is 2. The Balaban J connectivity index is 1.71. The summed E-state index contributed by atoms with van der Waals surface area (Å²) in [6, 6.07) is 16.0. The first-order valence-electron chi connectivity index (χ1n) is 7.56. The number of carbonyl (C=O) groups is 1. The third-order valence-corrected chi connectivity index (χ3v) is 3.56. The van der Waals surface area contributed by atoms with Crippen molar-refractivity contribution >= 4 is 11.6 Å². The van der Waals surface area contributed by atoms with Crippen LogP contribution in [0.4, 0.5) is 5.69 Å². The molecule has 0 bridgehead atoms.